The molecule has 5 heteroatoms. The second kappa shape index (κ2) is 5.94. The van der Waals surface area contributed by atoms with Crippen LogP contribution in [0.4, 0.5) is 0 Å². The summed E-state index contributed by atoms with van der Waals surface area (Å²) < 4.78 is 0.936. The fourth-order valence-corrected chi connectivity index (χ4v) is 5.03. The molecule has 1 fully saturated rings. The lowest BCUT2D eigenvalue weighted by Gasteiger charge is -2.29. The topological polar surface area (TPSA) is 57.5 Å². The Balaban J connectivity index is 2.13. The number of aliphatic hydroxyl groups is 1. The van der Waals surface area contributed by atoms with E-state index >= 15 is 0 Å². The van der Waals surface area contributed by atoms with E-state index in [0.29, 0.717) is 6.42 Å². The molecule has 1 saturated carbocycles. The van der Waals surface area contributed by atoms with Gasteiger partial charge < -0.3 is 10.2 Å². The lowest BCUT2D eigenvalue weighted by Crippen LogP contribution is -2.23. The van der Waals surface area contributed by atoms with Crippen LogP contribution in [0.25, 0.3) is 0 Å². The van der Waals surface area contributed by atoms with Gasteiger partial charge in [-0.2, -0.15) is 0 Å². The number of hydrogen-bond donors (Lipinski definition) is 2. The highest BCUT2D eigenvalue weighted by atomic mass is 79.9. The summed E-state index contributed by atoms with van der Waals surface area (Å²) in [7, 11) is 0. The van der Waals surface area contributed by atoms with Gasteiger partial charge in [0.1, 0.15) is 0 Å². The molecule has 1 aromatic rings. The molecule has 1 aliphatic carbocycles. The number of halogens is 1. The van der Waals surface area contributed by atoms with Crippen molar-refractivity contribution in [3.63, 3.8) is 0 Å². The number of hydrogen-bond acceptors (Lipinski definition) is 3. The van der Waals surface area contributed by atoms with E-state index in [1.807, 2.05) is 13.0 Å². The minimum Gasteiger partial charge on any atom is -0.481 e. The predicted octanol–water partition coefficient (Wildman–Crippen LogP) is 4.28. The van der Waals surface area contributed by atoms with Crippen molar-refractivity contribution in [1.29, 1.82) is 0 Å². The molecule has 2 rings (SSSR count). The van der Waals surface area contributed by atoms with E-state index in [0.717, 1.165) is 39.9 Å². The highest BCUT2D eigenvalue weighted by Crippen LogP contribution is 2.48. The fraction of sp³-hybridized carbons (Fsp3) is 0.643. The van der Waals surface area contributed by atoms with Crippen LogP contribution < -0.4 is 0 Å². The Hall–Kier alpha value is -0.390. The molecule has 3 nitrogen and oxygen atoms in total. The predicted molar refractivity (Wildman–Crippen MR) is 79.5 cm³/mol. The van der Waals surface area contributed by atoms with Gasteiger partial charge in [-0.15, -0.1) is 11.3 Å². The van der Waals surface area contributed by atoms with Crippen molar-refractivity contribution >= 4 is 33.2 Å². The first kappa shape index (κ1) is 15.0. The summed E-state index contributed by atoms with van der Waals surface area (Å²) in [5, 5.41) is 19.5. The quantitative estimate of drug-likeness (QED) is 0.836. The summed E-state index contributed by atoms with van der Waals surface area (Å²) in [5.74, 6) is -0.754. The Kier molecular flexibility index (Phi) is 4.69. The molecule has 1 atom stereocenters. The van der Waals surface area contributed by atoms with Gasteiger partial charge in [0.05, 0.1) is 12.5 Å². The molecular weight excluding hydrogens is 328 g/mol. The molecule has 0 spiro atoms. The van der Waals surface area contributed by atoms with Crippen LogP contribution >= 0.6 is 27.3 Å². The van der Waals surface area contributed by atoms with Gasteiger partial charge in [-0.3, -0.25) is 4.79 Å². The second-order valence-corrected chi connectivity index (χ2v) is 7.71. The maximum absolute atomic E-state index is 11.1. The van der Waals surface area contributed by atoms with Crippen LogP contribution in [0.1, 0.15) is 54.4 Å². The molecule has 0 saturated heterocycles. The van der Waals surface area contributed by atoms with Crippen LogP contribution in [-0.2, 0) is 4.79 Å². The molecule has 0 aliphatic heterocycles. The molecule has 106 valence electrons. The maximum atomic E-state index is 11.1. The smallest absolute Gasteiger partial charge is 0.303 e. The zero-order chi connectivity index (χ0) is 14.0. The van der Waals surface area contributed by atoms with Gasteiger partial charge in [-0.1, -0.05) is 12.8 Å². The van der Waals surface area contributed by atoms with Crippen LogP contribution in [0.15, 0.2) is 10.5 Å². The second-order valence-electron chi connectivity index (χ2n) is 5.57. The van der Waals surface area contributed by atoms with E-state index in [4.69, 9.17) is 5.11 Å². The monoisotopic (exact) mass is 346 g/mol. The highest BCUT2D eigenvalue weighted by Gasteiger charge is 2.38. The number of carbonyl (C=O) groups is 1. The van der Waals surface area contributed by atoms with Gasteiger partial charge in [0.2, 0.25) is 0 Å². The summed E-state index contributed by atoms with van der Waals surface area (Å²) in [5.41, 5.74) is -0.220. The first-order chi connectivity index (χ1) is 8.92. The van der Waals surface area contributed by atoms with Gasteiger partial charge in [-0.25, -0.2) is 0 Å². The van der Waals surface area contributed by atoms with Crippen LogP contribution in [-0.4, -0.2) is 16.2 Å². The Morgan fingerprint density at radius 2 is 2.16 bits per heavy atom. The summed E-state index contributed by atoms with van der Waals surface area (Å²) >= 11 is 5.05. The number of thiophene rings is 1. The number of aryl methyl sites for hydroxylation is 1. The summed E-state index contributed by atoms with van der Waals surface area (Å²) in [6.45, 7) is 2.01. The van der Waals surface area contributed by atoms with Gasteiger partial charge in [0.25, 0.3) is 0 Å². The average molecular weight is 347 g/mol. The van der Waals surface area contributed by atoms with E-state index in [2.05, 4.69) is 15.9 Å². The Morgan fingerprint density at radius 3 is 2.63 bits per heavy atom. The molecule has 1 unspecified atom stereocenters. The van der Waals surface area contributed by atoms with Gasteiger partial charge in [-0.05, 0) is 53.6 Å². The zero-order valence-corrected chi connectivity index (χ0v) is 13.4. The average Bonchev–Trinajstić information content (AvgIpc) is 2.85. The van der Waals surface area contributed by atoms with Gasteiger partial charge in [0, 0.05) is 14.2 Å². The number of carboxylic acid groups (broad SMARTS) is 1. The van der Waals surface area contributed by atoms with Crippen molar-refractivity contribution in [2.75, 3.05) is 0 Å². The van der Waals surface area contributed by atoms with Crippen LogP contribution in [0.3, 0.4) is 0 Å². The zero-order valence-electron chi connectivity index (χ0n) is 11.0. The fourth-order valence-electron chi connectivity index (χ4n) is 3.13. The molecule has 0 bridgehead atoms. The molecule has 0 aromatic carbocycles. The van der Waals surface area contributed by atoms with Crippen molar-refractivity contribution in [2.45, 2.75) is 51.6 Å². The maximum Gasteiger partial charge on any atom is 0.303 e. The summed E-state index contributed by atoms with van der Waals surface area (Å²) in [6, 6.07) is 2.00. The molecule has 1 aromatic heterocycles. The van der Waals surface area contributed by atoms with Crippen molar-refractivity contribution in [3.05, 3.63) is 20.3 Å². The minimum atomic E-state index is -0.754. The number of rotatable bonds is 5. The first-order valence-corrected chi connectivity index (χ1v) is 8.18. The third kappa shape index (κ3) is 3.58. The Bertz CT molecular complexity index is 463. The van der Waals surface area contributed by atoms with E-state index in [-0.39, 0.29) is 11.8 Å². The number of aliphatic hydroxyl groups excluding tert-OH is 1. The molecule has 1 heterocycles. The number of aliphatic carboxylic acids is 1. The van der Waals surface area contributed by atoms with E-state index in [1.54, 1.807) is 11.3 Å². The normalized spacial score (nSPS) is 19.5. The van der Waals surface area contributed by atoms with Crippen LogP contribution in [0.5, 0.6) is 0 Å². The highest BCUT2D eigenvalue weighted by molar-refractivity contribution is 9.10. The number of carboxylic acids is 1. The SMILES string of the molecule is Cc1cc(Br)c(C(O)CC2(CC(=O)O)CCCC2)s1. The standard InChI is InChI=1S/C14H19BrO3S/c1-9-6-10(15)13(19-9)11(16)7-14(8-12(17)18)4-2-3-5-14/h6,11,16H,2-5,7-8H2,1H3,(H,17,18). The summed E-state index contributed by atoms with van der Waals surface area (Å²) in [6.07, 6.45) is 4.14. The van der Waals surface area contributed by atoms with Crippen molar-refractivity contribution in [1.82, 2.24) is 0 Å². The van der Waals surface area contributed by atoms with Crippen LogP contribution in [0, 0.1) is 12.3 Å². The minimum absolute atomic E-state index is 0.173. The lowest BCUT2D eigenvalue weighted by molar-refractivity contribution is -0.140. The van der Waals surface area contributed by atoms with Crippen LogP contribution in [0.2, 0.25) is 0 Å². The van der Waals surface area contributed by atoms with Gasteiger partial charge >= 0.3 is 5.97 Å². The van der Waals surface area contributed by atoms with Crippen molar-refractivity contribution in [2.24, 2.45) is 5.41 Å². The molecule has 19 heavy (non-hydrogen) atoms. The summed E-state index contributed by atoms with van der Waals surface area (Å²) in [4.78, 5) is 13.1. The van der Waals surface area contributed by atoms with E-state index in [9.17, 15) is 9.90 Å². The molecule has 1 aliphatic rings. The van der Waals surface area contributed by atoms with Gasteiger partial charge in [0.15, 0.2) is 0 Å². The van der Waals surface area contributed by atoms with Crippen molar-refractivity contribution < 1.29 is 15.0 Å². The Morgan fingerprint density at radius 1 is 1.53 bits per heavy atom. The third-order valence-electron chi connectivity index (χ3n) is 3.96. The molecule has 0 amide bonds. The van der Waals surface area contributed by atoms with E-state index < -0.39 is 12.1 Å². The largest absolute Gasteiger partial charge is 0.481 e. The van der Waals surface area contributed by atoms with Crippen molar-refractivity contribution in [3.8, 4) is 0 Å². The third-order valence-corrected chi connectivity index (χ3v) is 6.03. The van der Waals surface area contributed by atoms with E-state index in [1.165, 1.54) is 0 Å². The first-order valence-electron chi connectivity index (χ1n) is 6.58. The molecule has 2 N–H and O–H groups in total. The lowest BCUT2D eigenvalue weighted by atomic mass is 9.77. The Labute approximate surface area is 125 Å². The molecule has 0 radical (unpaired) electrons. The molecular formula is C14H19BrO3S.